The number of pyridine rings is 1. The molecular formula is C43H48Cl2F3N3O6. The number of halogens is 5. The van der Waals surface area contributed by atoms with Gasteiger partial charge in [-0.3, -0.25) is 9.88 Å². The zero-order valence-corrected chi connectivity index (χ0v) is 34.4. The maximum absolute atomic E-state index is 13.6. The molecule has 5 aromatic rings. The average molecular weight is 831 g/mol. The second-order valence-corrected chi connectivity index (χ2v) is 13.3. The number of hydrogen-bond acceptors (Lipinski definition) is 9. The highest BCUT2D eigenvalue weighted by Gasteiger charge is 2.31. The van der Waals surface area contributed by atoms with Crippen LogP contribution in [0.1, 0.15) is 29.5 Å². The summed E-state index contributed by atoms with van der Waals surface area (Å²) < 4.78 is 74.0. The molecule has 1 aliphatic heterocycles. The summed E-state index contributed by atoms with van der Waals surface area (Å²) in [6.07, 6.45) is -0.947. The number of hydrogen-bond donors (Lipinski definition) is 0. The highest BCUT2D eigenvalue weighted by Crippen LogP contribution is 2.43. The van der Waals surface area contributed by atoms with Crippen molar-refractivity contribution in [2.75, 3.05) is 60.6 Å². The molecule has 14 heteroatoms. The van der Waals surface area contributed by atoms with Gasteiger partial charge >= 0.3 is 6.18 Å². The van der Waals surface area contributed by atoms with Crippen molar-refractivity contribution >= 4 is 30.5 Å². The zero-order valence-electron chi connectivity index (χ0n) is 32.7. The van der Waals surface area contributed by atoms with Gasteiger partial charge < -0.3 is 33.3 Å². The summed E-state index contributed by atoms with van der Waals surface area (Å²) >= 11 is 0. The normalized spacial score (nSPS) is 13.1. The van der Waals surface area contributed by atoms with Gasteiger partial charge in [0.25, 0.3) is 0 Å². The summed E-state index contributed by atoms with van der Waals surface area (Å²) in [6.45, 7) is 2.87. The first kappa shape index (κ1) is 44.7. The largest absolute Gasteiger partial charge is 0.493 e. The fourth-order valence-corrected chi connectivity index (χ4v) is 7.17. The second-order valence-electron chi connectivity index (χ2n) is 13.3. The fraction of sp³-hybridized carbons (Fsp3) is 0.326. The van der Waals surface area contributed by atoms with Gasteiger partial charge in [-0.15, -0.1) is 24.8 Å². The Morgan fingerprint density at radius 2 is 1.18 bits per heavy atom. The number of benzene rings is 4. The Balaban J connectivity index is 0.00000360. The molecule has 0 atom stereocenters. The van der Waals surface area contributed by atoms with Crippen molar-refractivity contribution in [3.63, 3.8) is 0 Å². The van der Waals surface area contributed by atoms with Gasteiger partial charge in [0.2, 0.25) is 11.5 Å². The Bertz CT molecular complexity index is 2030. The highest BCUT2D eigenvalue weighted by molar-refractivity contribution is 5.85. The van der Waals surface area contributed by atoms with Crippen molar-refractivity contribution in [3.05, 3.63) is 108 Å². The van der Waals surface area contributed by atoms with E-state index in [-0.39, 0.29) is 30.9 Å². The molecule has 4 aromatic carbocycles. The van der Waals surface area contributed by atoms with E-state index in [4.69, 9.17) is 28.4 Å². The Morgan fingerprint density at radius 3 is 1.68 bits per heavy atom. The van der Waals surface area contributed by atoms with Gasteiger partial charge in [0.05, 0.1) is 53.9 Å². The molecule has 1 aliphatic rings. The number of alkyl halides is 3. The van der Waals surface area contributed by atoms with E-state index in [9.17, 15) is 13.2 Å². The highest BCUT2D eigenvalue weighted by atomic mass is 35.5. The molecule has 306 valence electrons. The SMILES string of the molecule is COc1cc(-c2cccc(CN(c3ccc(C(F)(F)F)cc3)C3CCN(Cc4ccnc(-c5cc(OC)c(OC)c(OC)c5)c4)CC3)c2)cc(OC)c1OC.Cl.Cl. The fourth-order valence-electron chi connectivity index (χ4n) is 7.17. The van der Waals surface area contributed by atoms with Crippen LogP contribution in [0, 0.1) is 0 Å². The van der Waals surface area contributed by atoms with Crippen molar-refractivity contribution < 1.29 is 41.6 Å². The Kier molecular flexibility index (Phi) is 15.6. The van der Waals surface area contributed by atoms with Crippen LogP contribution >= 0.6 is 24.8 Å². The second kappa shape index (κ2) is 19.9. The standard InChI is InChI=1S/C43H46F3N3O6.2ClH/c1-50-37-22-31(23-38(51-2)41(37)54-5)30-9-7-8-28(20-30)27-49(34-12-10-33(11-13-34)43(44,45)46)35-15-18-48(19-16-35)26-29-14-17-47-36(21-29)32-24-39(52-3)42(55-6)40(25-32)53-4;;/h7-14,17,20-25,35H,15-16,18-19,26-27H2,1-6H3;2*1H. The molecular weight excluding hydrogens is 782 g/mol. The number of piperidine rings is 1. The molecule has 1 aromatic heterocycles. The third-order valence-corrected chi connectivity index (χ3v) is 9.99. The lowest BCUT2D eigenvalue weighted by atomic mass is 9.98. The predicted molar refractivity (Wildman–Crippen MR) is 221 cm³/mol. The molecule has 0 aliphatic carbocycles. The number of likely N-dealkylation sites (tertiary alicyclic amines) is 1. The summed E-state index contributed by atoms with van der Waals surface area (Å²) in [5.41, 5.74) is 5.67. The molecule has 1 fully saturated rings. The van der Waals surface area contributed by atoms with Gasteiger partial charge in [0.1, 0.15) is 0 Å². The predicted octanol–water partition coefficient (Wildman–Crippen LogP) is 10.0. The Hall–Kier alpha value is -5.04. The van der Waals surface area contributed by atoms with Gasteiger partial charge in [-0.25, -0.2) is 0 Å². The molecule has 0 amide bonds. The molecule has 0 N–H and O–H groups in total. The van der Waals surface area contributed by atoms with E-state index in [1.165, 1.54) is 12.1 Å². The summed E-state index contributed by atoms with van der Waals surface area (Å²) in [7, 11) is 9.47. The number of rotatable bonds is 14. The van der Waals surface area contributed by atoms with E-state index in [2.05, 4.69) is 26.9 Å². The van der Waals surface area contributed by atoms with Crippen LogP contribution in [0.25, 0.3) is 22.4 Å². The molecule has 9 nitrogen and oxygen atoms in total. The number of nitrogens with zero attached hydrogens (tertiary/aromatic N) is 3. The van der Waals surface area contributed by atoms with Crippen LogP contribution in [0.2, 0.25) is 0 Å². The molecule has 0 unspecified atom stereocenters. The van der Waals surface area contributed by atoms with Gasteiger partial charge in [-0.05, 0) is 102 Å². The number of methoxy groups -OCH3 is 6. The van der Waals surface area contributed by atoms with Crippen molar-refractivity contribution in [2.45, 2.75) is 38.1 Å². The maximum atomic E-state index is 13.6. The van der Waals surface area contributed by atoms with E-state index in [0.717, 1.165) is 71.7 Å². The Labute approximate surface area is 344 Å². The van der Waals surface area contributed by atoms with Crippen LogP contribution in [0.4, 0.5) is 18.9 Å². The van der Waals surface area contributed by atoms with Crippen LogP contribution in [-0.2, 0) is 19.3 Å². The lowest BCUT2D eigenvalue weighted by Gasteiger charge is -2.40. The average Bonchev–Trinajstić information content (AvgIpc) is 3.21. The van der Waals surface area contributed by atoms with E-state index >= 15 is 0 Å². The molecule has 0 radical (unpaired) electrons. The van der Waals surface area contributed by atoms with E-state index in [0.29, 0.717) is 41.0 Å². The van der Waals surface area contributed by atoms with E-state index in [1.807, 2.05) is 48.5 Å². The summed E-state index contributed by atoms with van der Waals surface area (Å²) in [4.78, 5) is 9.26. The third-order valence-electron chi connectivity index (χ3n) is 9.99. The van der Waals surface area contributed by atoms with Crippen LogP contribution < -0.4 is 33.3 Å². The van der Waals surface area contributed by atoms with Crippen molar-refractivity contribution in [2.24, 2.45) is 0 Å². The van der Waals surface area contributed by atoms with Gasteiger partial charge in [0, 0.05) is 49.7 Å². The zero-order chi connectivity index (χ0) is 39.1. The first-order valence-corrected chi connectivity index (χ1v) is 17.9. The van der Waals surface area contributed by atoms with Crippen LogP contribution in [-0.4, -0.2) is 71.7 Å². The minimum absolute atomic E-state index is 0. The molecule has 1 saturated heterocycles. The van der Waals surface area contributed by atoms with Crippen molar-refractivity contribution in [1.29, 1.82) is 0 Å². The van der Waals surface area contributed by atoms with Gasteiger partial charge in [-0.1, -0.05) is 18.2 Å². The van der Waals surface area contributed by atoms with Gasteiger partial charge in [-0.2, -0.15) is 13.2 Å². The number of aromatic nitrogens is 1. The summed E-state index contributed by atoms with van der Waals surface area (Å²) in [5.74, 6) is 3.22. The lowest BCUT2D eigenvalue weighted by Crippen LogP contribution is -2.44. The van der Waals surface area contributed by atoms with Crippen LogP contribution in [0.15, 0.2) is 91.1 Å². The Morgan fingerprint density at radius 1 is 0.632 bits per heavy atom. The maximum Gasteiger partial charge on any atom is 0.416 e. The molecule has 0 saturated carbocycles. The van der Waals surface area contributed by atoms with Crippen LogP contribution in [0.3, 0.4) is 0 Å². The molecule has 57 heavy (non-hydrogen) atoms. The minimum Gasteiger partial charge on any atom is -0.493 e. The van der Waals surface area contributed by atoms with E-state index < -0.39 is 11.7 Å². The topological polar surface area (TPSA) is 74.8 Å². The molecule has 0 bridgehead atoms. The van der Waals surface area contributed by atoms with Gasteiger partial charge in [0.15, 0.2) is 23.0 Å². The molecule has 2 heterocycles. The summed E-state index contributed by atoms with van der Waals surface area (Å²) in [5, 5.41) is 0. The molecule has 0 spiro atoms. The quantitative estimate of drug-likeness (QED) is 0.109. The minimum atomic E-state index is -4.41. The first-order chi connectivity index (χ1) is 26.6. The molecule has 6 rings (SSSR count). The van der Waals surface area contributed by atoms with Crippen molar-refractivity contribution in [3.8, 4) is 56.9 Å². The summed E-state index contributed by atoms with van der Waals surface area (Å²) in [6, 6.07) is 25.4. The first-order valence-electron chi connectivity index (χ1n) is 17.9. The number of anilines is 1. The monoisotopic (exact) mass is 829 g/mol. The smallest absolute Gasteiger partial charge is 0.416 e. The lowest BCUT2D eigenvalue weighted by molar-refractivity contribution is -0.137. The number of ether oxygens (including phenoxy) is 6. The van der Waals surface area contributed by atoms with Crippen molar-refractivity contribution in [1.82, 2.24) is 9.88 Å². The third kappa shape index (κ3) is 10.3. The van der Waals surface area contributed by atoms with Crippen LogP contribution in [0.5, 0.6) is 34.5 Å². The van der Waals surface area contributed by atoms with E-state index in [1.54, 1.807) is 61.0 Å².